The molecule has 0 aromatic rings. The number of ketones is 2. The summed E-state index contributed by atoms with van der Waals surface area (Å²) in [5.74, 6) is -0.500. The SMILES string of the molecule is [C-]#[N+][C@@]12O[C@@H]1[C@]1(C)C3=CC(=O)[C@]45OC(=O)[C@@]6(CCC(C)(C)C[C@H]64)CC[C@@]5(C)[C@]3(C)CC[C@H]1C(C)(C)C2=O. The van der Waals surface area contributed by atoms with Crippen molar-refractivity contribution >= 4 is 17.5 Å². The monoisotopic (exact) mass is 505 g/mol. The van der Waals surface area contributed by atoms with Crippen molar-refractivity contribution < 1.29 is 23.9 Å². The first-order valence-electron chi connectivity index (χ1n) is 14.2. The second kappa shape index (κ2) is 6.09. The first-order valence-corrected chi connectivity index (χ1v) is 14.2. The molecule has 6 heteroatoms. The number of carbonyl (C=O) groups is 3. The molecule has 1 spiro atoms. The summed E-state index contributed by atoms with van der Waals surface area (Å²) in [6.07, 6.45) is 7.00. The molecule has 5 aliphatic carbocycles. The predicted molar refractivity (Wildman–Crippen MR) is 135 cm³/mol. The fraction of sp³-hybridized carbons (Fsp3) is 0.806. The van der Waals surface area contributed by atoms with Crippen LogP contribution in [-0.4, -0.2) is 35.0 Å². The molecule has 0 N–H and O–H groups in total. The summed E-state index contributed by atoms with van der Waals surface area (Å²) in [6.45, 7) is 22.9. The molecule has 0 aromatic carbocycles. The molecule has 198 valence electrons. The fourth-order valence-electron chi connectivity index (χ4n) is 11.2. The van der Waals surface area contributed by atoms with E-state index < -0.39 is 44.5 Å². The van der Waals surface area contributed by atoms with Gasteiger partial charge in [0, 0.05) is 22.2 Å². The molecule has 0 amide bonds. The van der Waals surface area contributed by atoms with Crippen LogP contribution < -0.4 is 0 Å². The maximum absolute atomic E-state index is 14.6. The lowest BCUT2D eigenvalue weighted by Gasteiger charge is -2.68. The summed E-state index contributed by atoms with van der Waals surface area (Å²) in [5.41, 5.74) is -4.40. The third-order valence-corrected chi connectivity index (χ3v) is 13.5. The zero-order valence-electron chi connectivity index (χ0n) is 23.2. The third-order valence-electron chi connectivity index (χ3n) is 13.5. The van der Waals surface area contributed by atoms with E-state index in [4.69, 9.17) is 16.0 Å². The average Bonchev–Trinajstić information content (AvgIpc) is 3.54. The van der Waals surface area contributed by atoms with Gasteiger partial charge in [-0.2, -0.15) is 0 Å². The second-order valence-corrected chi connectivity index (χ2v) is 15.5. The van der Waals surface area contributed by atoms with Crippen LogP contribution in [0.1, 0.15) is 93.4 Å². The molecule has 7 aliphatic rings. The zero-order chi connectivity index (χ0) is 26.8. The Morgan fingerprint density at radius 2 is 1.59 bits per heavy atom. The van der Waals surface area contributed by atoms with Gasteiger partial charge in [0.25, 0.3) is 5.78 Å². The van der Waals surface area contributed by atoms with Crippen molar-refractivity contribution in [2.45, 2.75) is 111 Å². The Morgan fingerprint density at radius 3 is 2.27 bits per heavy atom. The minimum Gasteiger partial charge on any atom is -0.449 e. The average molecular weight is 506 g/mol. The van der Waals surface area contributed by atoms with Gasteiger partial charge in [0.05, 0.1) is 5.41 Å². The van der Waals surface area contributed by atoms with Gasteiger partial charge in [-0.1, -0.05) is 54.0 Å². The summed E-state index contributed by atoms with van der Waals surface area (Å²) in [4.78, 5) is 45.6. The molecule has 37 heavy (non-hydrogen) atoms. The number of ether oxygens (including phenoxy) is 2. The summed E-state index contributed by atoms with van der Waals surface area (Å²) >= 11 is 0. The Bertz CT molecular complexity index is 1290. The van der Waals surface area contributed by atoms with E-state index in [-0.39, 0.29) is 34.8 Å². The van der Waals surface area contributed by atoms with E-state index >= 15 is 0 Å². The third kappa shape index (κ3) is 2.12. The first-order chi connectivity index (χ1) is 17.0. The quantitative estimate of drug-likeness (QED) is 0.249. The van der Waals surface area contributed by atoms with Gasteiger partial charge in [0.15, 0.2) is 17.5 Å². The van der Waals surface area contributed by atoms with Crippen molar-refractivity contribution in [3.05, 3.63) is 23.1 Å². The molecular weight excluding hydrogens is 466 g/mol. The Labute approximate surface area is 219 Å². The number of fused-ring (bicyclic) bond motifs is 6. The van der Waals surface area contributed by atoms with E-state index in [0.717, 1.165) is 50.5 Å². The van der Waals surface area contributed by atoms with Crippen molar-refractivity contribution in [1.29, 1.82) is 0 Å². The van der Waals surface area contributed by atoms with E-state index in [1.165, 1.54) is 0 Å². The Kier molecular flexibility index (Phi) is 3.96. The standard InChI is InChI=1S/C31H39NO5/c1-24(2)11-13-29-14-12-27(6)26(5)10-9-17-25(3,4)21(34)31(32-8)22(36-31)28(17,7)18(26)15-20(33)30(27,19(29)16-24)37-23(29)35/h15,17,19,22H,9-14,16H2,1-7H3/t17-,19+,22+,26+,27-,28-,29-,30+,31-/m0/s1. The fourth-order valence-corrected chi connectivity index (χ4v) is 11.2. The number of Topliss-reactive ketones (excluding diaryl/α,β-unsaturated/α-hetero) is 1. The summed E-state index contributed by atoms with van der Waals surface area (Å²) in [5, 5.41) is 0. The molecule has 2 heterocycles. The molecule has 2 aliphatic heterocycles. The number of hydrogen-bond donors (Lipinski definition) is 0. The maximum Gasteiger partial charge on any atom is 0.424 e. The summed E-state index contributed by atoms with van der Waals surface area (Å²) in [6, 6.07) is 0. The van der Waals surface area contributed by atoms with Crippen LogP contribution in [0.15, 0.2) is 11.6 Å². The second-order valence-electron chi connectivity index (χ2n) is 15.5. The molecule has 6 fully saturated rings. The molecule has 0 unspecified atom stereocenters. The highest BCUT2D eigenvalue weighted by Gasteiger charge is 2.89. The molecule has 4 saturated carbocycles. The molecule has 7 rings (SSSR count). The Balaban J connectivity index is 1.45. The van der Waals surface area contributed by atoms with Gasteiger partial charge in [-0.3, -0.25) is 24.0 Å². The van der Waals surface area contributed by atoms with E-state index in [0.29, 0.717) is 0 Å². The molecule has 0 radical (unpaired) electrons. The van der Waals surface area contributed by atoms with Crippen molar-refractivity contribution in [2.75, 3.05) is 0 Å². The normalized spacial score (nSPS) is 55.9. The van der Waals surface area contributed by atoms with Crippen LogP contribution in [-0.2, 0) is 23.9 Å². The van der Waals surface area contributed by atoms with Crippen LogP contribution in [0.25, 0.3) is 4.85 Å². The van der Waals surface area contributed by atoms with E-state index in [9.17, 15) is 14.4 Å². The highest BCUT2D eigenvalue weighted by atomic mass is 16.6. The van der Waals surface area contributed by atoms with Gasteiger partial charge in [-0.25, -0.2) is 6.57 Å². The number of rotatable bonds is 0. The lowest BCUT2D eigenvalue weighted by atomic mass is 9.33. The number of esters is 1. The smallest absolute Gasteiger partial charge is 0.424 e. The predicted octanol–water partition coefficient (Wildman–Crippen LogP) is 5.45. The van der Waals surface area contributed by atoms with Crippen molar-refractivity contribution in [2.24, 2.45) is 44.3 Å². The first kappa shape index (κ1) is 24.1. The number of epoxide rings is 1. The van der Waals surface area contributed by atoms with Crippen molar-refractivity contribution in [1.82, 2.24) is 0 Å². The van der Waals surface area contributed by atoms with Gasteiger partial charge < -0.3 is 4.74 Å². The molecule has 2 saturated heterocycles. The number of hydrogen-bond acceptors (Lipinski definition) is 5. The minimum absolute atomic E-state index is 0.0259. The lowest BCUT2D eigenvalue weighted by molar-refractivity contribution is -0.209. The van der Waals surface area contributed by atoms with Crippen LogP contribution in [0, 0.1) is 50.9 Å². The van der Waals surface area contributed by atoms with Crippen LogP contribution in [0.3, 0.4) is 0 Å². The molecular formula is C31H39NO5. The van der Waals surface area contributed by atoms with E-state index in [2.05, 4.69) is 39.5 Å². The molecule has 0 aromatic heterocycles. The highest BCUT2D eigenvalue weighted by molar-refractivity contribution is 6.05. The van der Waals surface area contributed by atoms with Gasteiger partial charge >= 0.3 is 11.7 Å². The summed E-state index contributed by atoms with van der Waals surface area (Å²) < 4.78 is 12.6. The van der Waals surface area contributed by atoms with Gasteiger partial charge in [-0.05, 0) is 67.8 Å². The van der Waals surface area contributed by atoms with E-state index in [1.54, 1.807) is 0 Å². The van der Waals surface area contributed by atoms with Gasteiger partial charge in [0.2, 0.25) is 0 Å². The van der Waals surface area contributed by atoms with Crippen molar-refractivity contribution in [3.8, 4) is 0 Å². The molecule has 6 nitrogen and oxygen atoms in total. The number of carbonyl (C=O) groups excluding carboxylic acids is 3. The van der Waals surface area contributed by atoms with Gasteiger partial charge in [0.1, 0.15) is 0 Å². The minimum atomic E-state index is -1.44. The van der Waals surface area contributed by atoms with Crippen molar-refractivity contribution in [3.63, 3.8) is 0 Å². The zero-order valence-corrected chi connectivity index (χ0v) is 23.2. The van der Waals surface area contributed by atoms with Crippen LogP contribution >= 0.6 is 0 Å². The number of nitrogens with zero attached hydrogens (tertiary/aromatic N) is 1. The molecule has 9 atom stereocenters. The van der Waals surface area contributed by atoms with Crippen LogP contribution in [0.4, 0.5) is 0 Å². The maximum atomic E-state index is 14.6. The van der Waals surface area contributed by atoms with Gasteiger partial charge in [-0.15, -0.1) is 0 Å². The van der Waals surface area contributed by atoms with Crippen LogP contribution in [0.5, 0.6) is 0 Å². The Hall–Kier alpha value is -2.00. The summed E-state index contributed by atoms with van der Waals surface area (Å²) in [7, 11) is 0. The molecule has 2 bridgehead atoms. The topological polar surface area (TPSA) is 77.3 Å². The largest absolute Gasteiger partial charge is 0.449 e. The Morgan fingerprint density at radius 1 is 0.919 bits per heavy atom. The lowest BCUT2D eigenvalue weighted by Crippen LogP contribution is -2.72. The van der Waals surface area contributed by atoms with Crippen LogP contribution in [0.2, 0.25) is 0 Å². The highest BCUT2D eigenvalue weighted by Crippen LogP contribution is 2.80. The van der Waals surface area contributed by atoms with E-state index in [1.807, 2.05) is 19.9 Å².